The van der Waals surface area contributed by atoms with Gasteiger partial charge in [-0.25, -0.2) is 9.67 Å². The van der Waals surface area contributed by atoms with Crippen LogP contribution in [0.15, 0.2) is 36.9 Å². The predicted molar refractivity (Wildman–Crippen MR) is 88.9 cm³/mol. The molecule has 122 valence electrons. The molecule has 0 bridgehead atoms. The first kappa shape index (κ1) is 15.7. The van der Waals surface area contributed by atoms with E-state index in [1.165, 1.54) is 32.0 Å². The minimum Gasteiger partial charge on any atom is -0.352 e. The van der Waals surface area contributed by atoms with Crippen molar-refractivity contribution in [1.82, 2.24) is 20.1 Å². The predicted octanol–water partition coefficient (Wildman–Crippen LogP) is 3.10. The van der Waals surface area contributed by atoms with Crippen molar-refractivity contribution in [3.8, 4) is 5.69 Å². The minimum absolute atomic E-state index is 0.170. The number of amides is 1. The summed E-state index contributed by atoms with van der Waals surface area (Å²) in [6.45, 7) is 2.86. The number of carbonyl (C=O) groups is 1. The topological polar surface area (TPSA) is 59.8 Å². The number of nitrogens with zero attached hydrogens (tertiary/aromatic N) is 3. The molecule has 1 fully saturated rings. The normalized spacial score (nSPS) is 21.1. The summed E-state index contributed by atoms with van der Waals surface area (Å²) in [6, 6.07) is 8.00. The Bertz CT molecular complexity index is 621. The molecule has 1 saturated carbocycles. The van der Waals surface area contributed by atoms with Crippen molar-refractivity contribution in [2.75, 3.05) is 0 Å². The summed E-state index contributed by atoms with van der Waals surface area (Å²) in [5.41, 5.74) is 2.06. The fraction of sp³-hybridized carbons (Fsp3) is 0.500. The van der Waals surface area contributed by atoms with Gasteiger partial charge < -0.3 is 5.32 Å². The molecule has 1 aromatic carbocycles. The Balaban J connectivity index is 1.49. The number of aromatic nitrogens is 3. The first-order valence-corrected chi connectivity index (χ1v) is 8.43. The second kappa shape index (κ2) is 7.40. The van der Waals surface area contributed by atoms with E-state index in [0.29, 0.717) is 24.8 Å². The smallest absolute Gasteiger partial charge is 0.220 e. The van der Waals surface area contributed by atoms with Crippen LogP contribution in [-0.2, 0) is 11.3 Å². The molecule has 5 heteroatoms. The van der Waals surface area contributed by atoms with Crippen LogP contribution in [0.5, 0.6) is 0 Å². The Morgan fingerprint density at radius 2 is 2.04 bits per heavy atom. The van der Waals surface area contributed by atoms with E-state index in [9.17, 15) is 4.79 Å². The van der Waals surface area contributed by atoms with Crippen molar-refractivity contribution >= 4 is 5.91 Å². The average molecular weight is 312 g/mol. The standard InChI is InChI=1S/C18H24N4O/c1-14-4-2-3-5-16(14)10-18(23)20-11-15-6-8-17(9-7-15)22-13-19-12-21-22/h6-9,12-14,16H,2-5,10-11H2,1H3,(H,20,23). The van der Waals surface area contributed by atoms with E-state index in [1.54, 1.807) is 11.0 Å². The molecule has 2 aromatic rings. The fourth-order valence-corrected chi connectivity index (χ4v) is 3.32. The Kier molecular flexibility index (Phi) is 5.05. The summed E-state index contributed by atoms with van der Waals surface area (Å²) >= 11 is 0. The molecular formula is C18H24N4O. The SMILES string of the molecule is CC1CCCCC1CC(=O)NCc1ccc(-n2cncn2)cc1. The van der Waals surface area contributed by atoms with E-state index in [4.69, 9.17) is 0 Å². The lowest BCUT2D eigenvalue weighted by Crippen LogP contribution is -2.28. The van der Waals surface area contributed by atoms with Gasteiger partial charge in [0.2, 0.25) is 5.91 Å². The van der Waals surface area contributed by atoms with Crippen LogP contribution in [0.4, 0.5) is 0 Å². The maximum Gasteiger partial charge on any atom is 0.220 e. The Morgan fingerprint density at radius 1 is 1.26 bits per heavy atom. The largest absolute Gasteiger partial charge is 0.352 e. The molecule has 1 aromatic heterocycles. The maximum atomic E-state index is 12.2. The molecule has 23 heavy (non-hydrogen) atoms. The second-order valence-electron chi connectivity index (χ2n) is 6.51. The highest BCUT2D eigenvalue weighted by atomic mass is 16.1. The van der Waals surface area contributed by atoms with Gasteiger partial charge in [-0.15, -0.1) is 0 Å². The molecule has 5 nitrogen and oxygen atoms in total. The van der Waals surface area contributed by atoms with Gasteiger partial charge in [-0.1, -0.05) is 38.3 Å². The maximum absolute atomic E-state index is 12.2. The highest BCUT2D eigenvalue weighted by molar-refractivity contribution is 5.76. The van der Waals surface area contributed by atoms with E-state index in [2.05, 4.69) is 22.3 Å². The van der Waals surface area contributed by atoms with E-state index in [1.807, 2.05) is 24.3 Å². The summed E-state index contributed by atoms with van der Waals surface area (Å²) in [5, 5.41) is 7.15. The number of rotatable bonds is 5. The Labute approximate surface area is 137 Å². The summed E-state index contributed by atoms with van der Waals surface area (Å²) in [7, 11) is 0. The van der Waals surface area contributed by atoms with Gasteiger partial charge in [-0.3, -0.25) is 4.79 Å². The molecule has 0 radical (unpaired) electrons. The number of nitrogens with one attached hydrogen (secondary N) is 1. The molecule has 1 aliphatic carbocycles. The van der Waals surface area contributed by atoms with Crippen molar-refractivity contribution in [2.24, 2.45) is 11.8 Å². The highest BCUT2D eigenvalue weighted by Crippen LogP contribution is 2.31. The Morgan fingerprint density at radius 3 is 2.74 bits per heavy atom. The molecule has 0 saturated heterocycles. The van der Waals surface area contributed by atoms with Gasteiger partial charge in [0.1, 0.15) is 12.7 Å². The van der Waals surface area contributed by atoms with Crippen LogP contribution >= 0.6 is 0 Å². The van der Waals surface area contributed by atoms with Crippen LogP contribution in [0.2, 0.25) is 0 Å². The minimum atomic E-state index is 0.170. The van der Waals surface area contributed by atoms with Gasteiger partial charge in [0.05, 0.1) is 5.69 Å². The summed E-state index contributed by atoms with van der Waals surface area (Å²) in [4.78, 5) is 16.1. The van der Waals surface area contributed by atoms with Crippen molar-refractivity contribution in [3.63, 3.8) is 0 Å². The molecule has 1 aliphatic rings. The highest BCUT2D eigenvalue weighted by Gasteiger charge is 2.23. The molecule has 3 rings (SSSR count). The van der Waals surface area contributed by atoms with E-state index in [-0.39, 0.29) is 5.91 Å². The van der Waals surface area contributed by atoms with E-state index in [0.717, 1.165) is 11.3 Å². The zero-order chi connectivity index (χ0) is 16.1. The van der Waals surface area contributed by atoms with Crippen LogP contribution in [0.3, 0.4) is 0 Å². The Hall–Kier alpha value is -2.17. The number of hydrogen-bond donors (Lipinski definition) is 1. The molecule has 1 N–H and O–H groups in total. The number of benzene rings is 1. The molecule has 2 unspecified atom stereocenters. The number of carbonyl (C=O) groups excluding carboxylic acids is 1. The van der Waals surface area contributed by atoms with Gasteiger partial charge in [0.15, 0.2) is 0 Å². The van der Waals surface area contributed by atoms with Gasteiger partial charge >= 0.3 is 0 Å². The lowest BCUT2D eigenvalue weighted by molar-refractivity contribution is -0.122. The van der Waals surface area contributed by atoms with Crippen molar-refractivity contribution < 1.29 is 4.79 Å². The zero-order valence-corrected chi connectivity index (χ0v) is 13.6. The summed E-state index contributed by atoms with van der Waals surface area (Å²) in [5.74, 6) is 1.40. The lowest BCUT2D eigenvalue weighted by atomic mass is 9.78. The van der Waals surface area contributed by atoms with Crippen LogP contribution in [0.25, 0.3) is 5.69 Å². The van der Waals surface area contributed by atoms with Crippen LogP contribution < -0.4 is 5.32 Å². The van der Waals surface area contributed by atoms with Gasteiger partial charge in [0.25, 0.3) is 0 Å². The number of hydrogen-bond acceptors (Lipinski definition) is 3. The third-order valence-electron chi connectivity index (χ3n) is 4.85. The van der Waals surface area contributed by atoms with Crippen LogP contribution in [0, 0.1) is 11.8 Å². The molecule has 1 amide bonds. The third kappa shape index (κ3) is 4.18. The first-order chi connectivity index (χ1) is 11.2. The van der Waals surface area contributed by atoms with E-state index < -0.39 is 0 Å². The summed E-state index contributed by atoms with van der Waals surface area (Å²) < 4.78 is 1.72. The van der Waals surface area contributed by atoms with Crippen molar-refractivity contribution in [2.45, 2.75) is 45.6 Å². The van der Waals surface area contributed by atoms with Crippen LogP contribution in [0.1, 0.15) is 44.6 Å². The van der Waals surface area contributed by atoms with Crippen molar-refractivity contribution in [1.29, 1.82) is 0 Å². The zero-order valence-electron chi connectivity index (χ0n) is 13.6. The van der Waals surface area contributed by atoms with Crippen molar-refractivity contribution in [3.05, 3.63) is 42.5 Å². The summed E-state index contributed by atoms with van der Waals surface area (Å²) in [6.07, 6.45) is 8.90. The quantitative estimate of drug-likeness (QED) is 0.923. The molecule has 0 spiro atoms. The van der Waals surface area contributed by atoms with E-state index >= 15 is 0 Å². The molecule has 1 heterocycles. The van der Waals surface area contributed by atoms with Gasteiger partial charge in [-0.05, 0) is 36.0 Å². The monoisotopic (exact) mass is 312 g/mol. The molecule has 0 aliphatic heterocycles. The average Bonchev–Trinajstić information content (AvgIpc) is 3.10. The fourth-order valence-electron chi connectivity index (χ4n) is 3.32. The van der Waals surface area contributed by atoms with Crippen LogP contribution in [-0.4, -0.2) is 20.7 Å². The van der Waals surface area contributed by atoms with Gasteiger partial charge in [-0.2, -0.15) is 5.10 Å². The molecule has 2 atom stereocenters. The first-order valence-electron chi connectivity index (χ1n) is 8.43. The third-order valence-corrected chi connectivity index (χ3v) is 4.85. The molecular weight excluding hydrogens is 288 g/mol. The van der Waals surface area contributed by atoms with Gasteiger partial charge in [0, 0.05) is 13.0 Å². The lowest BCUT2D eigenvalue weighted by Gasteiger charge is -2.28. The second-order valence-corrected chi connectivity index (χ2v) is 6.51.